The summed E-state index contributed by atoms with van der Waals surface area (Å²) in [6.45, 7) is 3.91. The minimum atomic E-state index is -0.294. The summed E-state index contributed by atoms with van der Waals surface area (Å²) >= 11 is 0. The molecule has 0 aliphatic heterocycles. The summed E-state index contributed by atoms with van der Waals surface area (Å²) < 4.78 is 0. The number of nitrogens with two attached hydrogens (primary N) is 1. The molecule has 30 heavy (non-hydrogen) atoms. The lowest BCUT2D eigenvalue weighted by Gasteiger charge is -2.14. The van der Waals surface area contributed by atoms with Crippen LogP contribution in [0.1, 0.15) is 21.6 Å². The molecule has 1 amide bonds. The number of carbonyl (C=O) groups excluding carboxylic acids is 1. The second kappa shape index (κ2) is 8.04. The molecule has 0 aliphatic carbocycles. The highest BCUT2D eigenvalue weighted by Gasteiger charge is 2.12. The molecule has 0 saturated heterocycles. The molecule has 150 valence electrons. The molecular formula is C22H21N7O. The zero-order valence-corrected chi connectivity index (χ0v) is 16.6. The van der Waals surface area contributed by atoms with Crippen molar-refractivity contribution in [1.82, 2.24) is 20.4 Å². The molecule has 0 radical (unpaired) electrons. The van der Waals surface area contributed by atoms with Gasteiger partial charge >= 0.3 is 0 Å². The Balaban J connectivity index is 1.53. The van der Waals surface area contributed by atoms with Crippen LogP contribution in [0.5, 0.6) is 0 Å². The van der Waals surface area contributed by atoms with Crippen molar-refractivity contribution in [1.29, 1.82) is 0 Å². The van der Waals surface area contributed by atoms with Crippen molar-refractivity contribution in [3.05, 3.63) is 77.7 Å². The maximum atomic E-state index is 12.3. The van der Waals surface area contributed by atoms with Gasteiger partial charge in [-0.05, 0) is 50.2 Å². The number of aryl methyl sites for hydroxylation is 2. The van der Waals surface area contributed by atoms with Gasteiger partial charge in [0.15, 0.2) is 11.6 Å². The molecule has 2 aromatic heterocycles. The van der Waals surface area contributed by atoms with Crippen LogP contribution in [-0.2, 0) is 0 Å². The predicted molar refractivity (Wildman–Crippen MR) is 118 cm³/mol. The van der Waals surface area contributed by atoms with Gasteiger partial charge in [-0.1, -0.05) is 23.8 Å². The van der Waals surface area contributed by atoms with Crippen LogP contribution >= 0.6 is 0 Å². The maximum Gasteiger partial charge on any atom is 0.269 e. The zero-order chi connectivity index (χ0) is 21.1. The number of nitrogens with one attached hydrogen (secondary N) is 3. The van der Waals surface area contributed by atoms with E-state index in [1.165, 1.54) is 6.33 Å². The molecular weight excluding hydrogens is 378 g/mol. The van der Waals surface area contributed by atoms with Crippen molar-refractivity contribution in [3.8, 4) is 0 Å². The molecule has 8 nitrogen and oxygen atoms in total. The minimum absolute atomic E-state index is 0.277. The van der Waals surface area contributed by atoms with Crippen molar-refractivity contribution in [2.24, 2.45) is 0 Å². The van der Waals surface area contributed by atoms with E-state index < -0.39 is 0 Å². The highest BCUT2D eigenvalue weighted by molar-refractivity contribution is 5.96. The first-order valence-corrected chi connectivity index (χ1v) is 9.38. The first-order valence-electron chi connectivity index (χ1n) is 9.38. The number of hydrogen-bond donors (Lipinski definition) is 4. The Morgan fingerprint density at radius 1 is 0.933 bits per heavy atom. The molecule has 0 aliphatic rings. The lowest BCUT2D eigenvalue weighted by Crippen LogP contribution is -2.30. The molecule has 2 aromatic carbocycles. The Morgan fingerprint density at radius 2 is 1.70 bits per heavy atom. The van der Waals surface area contributed by atoms with E-state index in [0.717, 1.165) is 27.8 Å². The van der Waals surface area contributed by atoms with E-state index in [4.69, 9.17) is 5.73 Å². The fourth-order valence-corrected chi connectivity index (χ4v) is 2.98. The van der Waals surface area contributed by atoms with Crippen molar-refractivity contribution < 1.29 is 4.79 Å². The van der Waals surface area contributed by atoms with Crippen LogP contribution in [-0.4, -0.2) is 20.9 Å². The first-order chi connectivity index (χ1) is 14.5. The summed E-state index contributed by atoms with van der Waals surface area (Å²) in [5, 5.41) is 4.18. The quantitative estimate of drug-likeness (QED) is 0.378. The van der Waals surface area contributed by atoms with E-state index in [-0.39, 0.29) is 11.6 Å². The number of fused-ring (bicyclic) bond motifs is 1. The molecule has 4 rings (SSSR count). The van der Waals surface area contributed by atoms with Gasteiger partial charge in [0, 0.05) is 22.3 Å². The van der Waals surface area contributed by atoms with Gasteiger partial charge in [0.05, 0.1) is 5.52 Å². The Bertz CT molecular complexity index is 1220. The van der Waals surface area contributed by atoms with Gasteiger partial charge in [0.25, 0.3) is 5.91 Å². The third kappa shape index (κ3) is 3.97. The van der Waals surface area contributed by atoms with Crippen LogP contribution in [0.25, 0.3) is 10.9 Å². The van der Waals surface area contributed by atoms with Crippen molar-refractivity contribution in [3.63, 3.8) is 0 Å². The average Bonchev–Trinajstić information content (AvgIpc) is 2.74. The lowest BCUT2D eigenvalue weighted by atomic mass is 10.1. The SMILES string of the molecule is Cc1ccc(C(=O)NNc2ncnc(Nc3cccc4nc(C)ccc34)c2N)cc1. The molecule has 0 saturated carbocycles. The third-order valence-electron chi connectivity index (χ3n) is 4.62. The summed E-state index contributed by atoms with van der Waals surface area (Å²) in [5.41, 5.74) is 16.1. The van der Waals surface area contributed by atoms with Gasteiger partial charge in [-0.3, -0.25) is 20.6 Å². The van der Waals surface area contributed by atoms with E-state index in [1.54, 1.807) is 12.1 Å². The molecule has 0 unspecified atom stereocenters. The van der Waals surface area contributed by atoms with Gasteiger partial charge < -0.3 is 11.1 Å². The highest BCUT2D eigenvalue weighted by Crippen LogP contribution is 2.29. The van der Waals surface area contributed by atoms with Crippen LogP contribution in [0.3, 0.4) is 0 Å². The summed E-state index contributed by atoms with van der Waals surface area (Å²) in [5.74, 6) is 0.422. The number of aromatic nitrogens is 3. The summed E-state index contributed by atoms with van der Waals surface area (Å²) in [4.78, 5) is 25.2. The van der Waals surface area contributed by atoms with Gasteiger partial charge in [0.1, 0.15) is 12.0 Å². The topological polar surface area (TPSA) is 118 Å². The number of hydrogen-bond acceptors (Lipinski definition) is 7. The van der Waals surface area contributed by atoms with E-state index in [2.05, 4.69) is 31.1 Å². The first kappa shape index (κ1) is 19.1. The zero-order valence-electron chi connectivity index (χ0n) is 16.6. The number of hydrazine groups is 1. The Kier molecular flexibility index (Phi) is 5.13. The van der Waals surface area contributed by atoms with Crippen molar-refractivity contribution in [2.75, 3.05) is 16.5 Å². The van der Waals surface area contributed by atoms with Crippen LogP contribution < -0.4 is 21.9 Å². The summed E-state index contributed by atoms with van der Waals surface area (Å²) in [6.07, 6.45) is 1.37. The maximum absolute atomic E-state index is 12.3. The number of rotatable bonds is 5. The van der Waals surface area contributed by atoms with E-state index >= 15 is 0 Å². The number of nitrogens with zero attached hydrogens (tertiary/aromatic N) is 3. The third-order valence-corrected chi connectivity index (χ3v) is 4.62. The molecule has 8 heteroatoms. The number of pyridine rings is 1. The van der Waals surface area contributed by atoms with Gasteiger partial charge in [-0.2, -0.15) is 0 Å². The smallest absolute Gasteiger partial charge is 0.269 e. The number of benzene rings is 2. The van der Waals surface area contributed by atoms with E-state index in [1.807, 2.05) is 56.3 Å². The van der Waals surface area contributed by atoms with Gasteiger partial charge in [-0.15, -0.1) is 0 Å². The Labute approximate surface area is 173 Å². The minimum Gasteiger partial charge on any atom is -0.393 e. The Morgan fingerprint density at radius 3 is 2.50 bits per heavy atom. The van der Waals surface area contributed by atoms with Gasteiger partial charge in [0.2, 0.25) is 0 Å². The standard InChI is InChI=1S/C22H21N7O/c1-13-6-9-15(10-7-13)22(30)29-28-21-19(23)20(24-12-25-21)27-18-5-3-4-17-16(18)11-8-14(2)26-17/h3-12H,23H2,1-2H3,(H,29,30)(H2,24,25,27,28). The fourth-order valence-electron chi connectivity index (χ4n) is 2.98. The normalized spacial score (nSPS) is 10.6. The van der Waals surface area contributed by atoms with E-state index in [9.17, 15) is 4.79 Å². The highest BCUT2D eigenvalue weighted by atomic mass is 16.2. The molecule has 5 N–H and O–H groups in total. The molecule has 0 fully saturated rings. The van der Waals surface area contributed by atoms with Gasteiger partial charge in [-0.25, -0.2) is 9.97 Å². The molecule has 0 atom stereocenters. The van der Waals surface area contributed by atoms with Crippen LogP contribution in [0.4, 0.5) is 23.0 Å². The molecule has 2 heterocycles. The lowest BCUT2D eigenvalue weighted by molar-refractivity contribution is 0.0962. The molecule has 0 bridgehead atoms. The number of carbonyl (C=O) groups is 1. The molecule has 0 spiro atoms. The number of amides is 1. The average molecular weight is 399 g/mol. The molecule has 4 aromatic rings. The number of anilines is 4. The monoisotopic (exact) mass is 399 g/mol. The number of nitrogen functional groups attached to an aromatic ring is 1. The van der Waals surface area contributed by atoms with Crippen molar-refractivity contribution in [2.45, 2.75) is 13.8 Å². The Hall–Kier alpha value is -4.20. The predicted octanol–water partition coefficient (Wildman–Crippen LogP) is 3.72. The second-order valence-electron chi connectivity index (χ2n) is 6.88. The van der Waals surface area contributed by atoms with Crippen molar-refractivity contribution >= 4 is 39.8 Å². The van der Waals surface area contributed by atoms with Crippen LogP contribution in [0.2, 0.25) is 0 Å². The van der Waals surface area contributed by atoms with Crippen LogP contribution in [0, 0.1) is 13.8 Å². The summed E-state index contributed by atoms with van der Waals surface area (Å²) in [6, 6.07) is 17.0. The largest absolute Gasteiger partial charge is 0.393 e. The van der Waals surface area contributed by atoms with E-state index in [0.29, 0.717) is 17.2 Å². The summed E-state index contributed by atoms with van der Waals surface area (Å²) in [7, 11) is 0. The van der Waals surface area contributed by atoms with Crippen LogP contribution in [0.15, 0.2) is 60.9 Å². The fraction of sp³-hybridized carbons (Fsp3) is 0.0909. The second-order valence-corrected chi connectivity index (χ2v) is 6.88.